The van der Waals surface area contributed by atoms with Crippen LogP contribution in [0.2, 0.25) is 0 Å². The Balaban J connectivity index is 1.41. The molecule has 3 atom stereocenters. The van der Waals surface area contributed by atoms with E-state index in [9.17, 15) is 14.4 Å². The SMILES string of the molecule is CC(NCc1ccc2c(c1)C(=O)N(C1CCC(=O)NC1=O)C2)C(N)c1ccccc1. The van der Waals surface area contributed by atoms with Crippen LogP contribution in [0.4, 0.5) is 0 Å². The van der Waals surface area contributed by atoms with Crippen LogP contribution in [0, 0.1) is 0 Å². The molecule has 30 heavy (non-hydrogen) atoms. The molecule has 4 N–H and O–H groups in total. The van der Waals surface area contributed by atoms with Crippen molar-refractivity contribution in [1.82, 2.24) is 15.5 Å². The van der Waals surface area contributed by atoms with E-state index in [0.717, 1.165) is 16.7 Å². The number of piperidine rings is 1. The van der Waals surface area contributed by atoms with Gasteiger partial charge in [-0.2, -0.15) is 0 Å². The molecular formula is C23H26N4O3. The zero-order valence-corrected chi connectivity index (χ0v) is 16.9. The first-order chi connectivity index (χ1) is 14.4. The van der Waals surface area contributed by atoms with Crippen LogP contribution in [-0.4, -0.2) is 34.7 Å². The lowest BCUT2D eigenvalue weighted by molar-refractivity contribution is -0.136. The number of carbonyl (C=O) groups is 3. The fraction of sp³-hybridized carbons (Fsp3) is 0.348. The molecule has 2 aromatic carbocycles. The van der Waals surface area contributed by atoms with Gasteiger partial charge in [-0.05, 0) is 36.1 Å². The van der Waals surface area contributed by atoms with E-state index in [0.29, 0.717) is 25.1 Å². The topological polar surface area (TPSA) is 105 Å². The van der Waals surface area contributed by atoms with E-state index in [2.05, 4.69) is 10.6 Å². The molecule has 1 saturated heterocycles. The van der Waals surface area contributed by atoms with Crippen molar-refractivity contribution < 1.29 is 14.4 Å². The van der Waals surface area contributed by atoms with Gasteiger partial charge in [0.1, 0.15) is 6.04 Å². The molecule has 0 radical (unpaired) electrons. The molecule has 0 bridgehead atoms. The summed E-state index contributed by atoms with van der Waals surface area (Å²) in [7, 11) is 0. The van der Waals surface area contributed by atoms with Crippen molar-refractivity contribution in [2.45, 2.75) is 51.0 Å². The van der Waals surface area contributed by atoms with Gasteiger partial charge >= 0.3 is 0 Å². The molecule has 0 aromatic heterocycles. The Bertz CT molecular complexity index is 976. The number of amides is 3. The van der Waals surface area contributed by atoms with E-state index in [1.54, 1.807) is 4.90 Å². The van der Waals surface area contributed by atoms with E-state index >= 15 is 0 Å². The van der Waals surface area contributed by atoms with Crippen LogP contribution in [0.25, 0.3) is 0 Å². The van der Waals surface area contributed by atoms with Crippen molar-refractivity contribution in [3.05, 3.63) is 70.8 Å². The Morgan fingerprint density at radius 2 is 1.93 bits per heavy atom. The third kappa shape index (κ3) is 3.99. The summed E-state index contributed by atoms with van der Waals surface area (Å²) in [6.07, 6.45) is 0.624. The minimum absolute atomic E-state index is 0.0522. The van der Waals surface area contributed by atoms with Gasteiger partial charge in [0, 0.05) is 37.2 Å². The maximum absolute atomic E-state index is 12.9. The number of nitrogens with zero attached hydrogens (tertiary/aromatic N) is 1. The summed E-state index contributed by atoms with van der Waals surface area (Å²) >= 11 is 0. The van der Waals surface area contributed by atoms with Crippen molar-refractivity contribution in [3.63, 3.8) is 0 Å². The highest BCUT2D eigenvalue weighted by atomic mass is 16.2. The second-order valence-corrected chi connectivity index (χ2v) is 8.00. The van der Waals surface area contributed by atoms with Crippen LogP contribution in [0.1, 0.15) is 52.9 Å². The molecule has 4 rings (SSSR count). The van der Waals surface area contributed by atoms with Gasteiger partial charge in [0.25, 0.3) is 5.91 Å². The standard InChI is InChI=1S/C23H26N4O3/c1-14(21(24)16-5-3-2-4-6-16)25-12-15-7-8-17-13-27(23(30)18(17)11-15)19-9-10-20(28)26-22(19)29/h2-8,11,14,19,21,25H,9-10,12-13,24H2,1H3,(H,26,28,29). The summed E-state index contributed by atoms with van der Waals surface area (Å²) in [4.78, 5) is 38.1. The van der Waals surface area contributed by atoms with Crippen molar-refractivity contribution in [2.75, 3.05) is 0 Å². The van der Waals surface area contributed by atoms with Crippen LogP contribution in [0.15, 0.2) is 48.5 Å². The molecule has 3 amide bonds. The number of hydrogen-bond donors (Lipinski definition) is 3. The van der Waals surface area contributed by atoms with Gasteiger partial charge in [0.15, 0.2) is 0 Å². The molecule has 7 heteroatoms. The minimum atomic E-state index is -0.590. The summed E-state index contributed by atoms with van der Waals surface area (Å²) in [6.45, 7) is 3.02. The summed E-state index contributed by atoms with van der Waals surface area (Å²) < 4.78 is 0. The number of imide groups is 1. The maximum Gasteiger partial charge on any atom is 0.255 e. The zero-order valence-electron chi connectivity index (χ0n) is 16.9. The molecule has 2 aliphatic heterocycles. The highest BCUT2D eigenvalue weighted by Crippen LogP contribution is 2.28. The number of fused-ring (bicyclic) bond motifs is 1. The van der Waals surface area contributed by atoms with Gasteiger partial charge in [-0.3, -0.25) is 19.7 Å². The lowest BCUT2D eigenvalue weighted by atomic mass is 10.0. The Kier molecular flexibility index (Phi) is 5.65. The molecule has 156 valence electrons. The molecule has 2 aliphatic rings. The highest BCUT2D eigenvalue weighted by molar-refractivity contribution is 6.05. The average Bonchev–Trinajstić information content (AvgIpc) is 3.08. The van der Waals surface area contributed by atoms with Gasteiger partial charge in [0.2, 0.25) is 11.8 Å². The number of carbonyl (C=O) groups excluding carboxylic acids is 3. The minimum Gasteiger partial charge on any atom is -0.323 e. The van der Waals surface area contributed by atoms with Gasteiger partial charge in [0.05, 0.1) is 0 Å². The largest absolute Gasteiger partial charge is 0.323 e. The first-order valence-corrected chi connectivity index (χ1v) is 10.2. The molecule has 0 saturated carbocycles. The lowest BCUT2D eigenvalue weighted by Gasteiger charge is -2.29. The van der Waals surface area contributed by atoms with Gasteiger partial charge in [-0.1, -0.05) is 42.5 Å². The van der Waals surface area contributed by atoms with Gasteiger partial charge < -0.3 is 16.0 Å². The summed E-state index contributed by atoms with van der Waals surface area (Å²) in [5.41, 5.74) is 9.94. The number of nitrogens with one attached hydrogen (secondary N) is 2. The van der Waals surface area contributed by atoms with E-state index in [4.69, 9.17) is 5.73 Å². The van der Waals surface area contributed by atoms with E-state index in [1.165, 1.54) is 0 Å². The van der Waals surface area contributed by atoms with Crippen LogP contribution >= 0.6 is 0 Å². The molecule has 7 nitrogen and oxygen atoms in total. The van der Waals surface area contributed by atoms with E-state index in [-0.39, 0.29) is 30.3 Å². The van der Waals surface area contributed by atoms with Gasteiger partial charge in [-0.25, -0.2) is 0 Å². The Morgan fingerprint density at radius 1 is 1.17 bits per heavy atom. The fourth-order valence-corrected chi connectivity index (χ4v) is 4.08. The average molecular weight is 406 g/mol. The first-order valence-electron chi connectivity index (χ1n) is 10.2. The van der Waals surface area contributed by atoms with Crippen LogP contribution in [0.3, 0.4) is 0 Å². The summed E-state index contributed by atoms with van der Waals surface area (Å²) in [5, 5.41) is 5.77. The van der Waals surface area contributed by atoms with E-state index < -0.39 is 11.9 Å². The zero-order chi connectivity index (χ0) is 21.3. The Hall–Kier alpha value is -3.03. The van der Waals surface area contributed by atoms with Crippen LogP contribution in [0.5, 0.6) is 0 Å². The first kappa shape index (κ1) is 20.3. The van der Waals surface area contributed by atoms with Crippen molar-refractivity contribution in [3.8, 4) is 0 Å². The Morgan fingerprint density at radius 3 is 2.67 bits per heavy atom. The number of benzene rings is 2. The molecular weight excluding hydrogens is 380 g/mol. The maximum atomic E-state index is 12.9. The fourth-order valence-electron chi connectivity index (χ4n) is 4.08. The van der Waals surface area contributed by atoms with Crippen LogP contribution < -0.4 is 16.4 Å². The van der Waals surface area contributed by atoms with E-state index in [1.807, 2.05) is 55.5 Å². The van der Waals surface area contributed by atoms with Crippen molar-refractivity contribution in [1.29, 1.82) is 0 Å². The predicted octanol–water partition coefficient (Wildman–Crippen LogP) is 1.63. The second-order valence-electron chi connectivity index (χ2n) is 8.00. The summed E-state index contributed by atoms with van der Waals surface area (Å²) in [5.74, 6) is -0.829. The third-order valence-electron chi connectivity index (χ3n) is 5.94. The molecule has 2 aromatic rings. The summed E-state index contributed by atoms with van der Waals surface area (Å²) in [6, 6.07) is 15.1. The van der Waals surface area contributed by atoms with Crippen molar-refractivity contribution in [2.24, 2.45) is 5.73 Å². The smallest absolute Gasteiger partial charge is 0.255 e. The highest BCUT2D eigenvalue weighted by Gasteiger charge is 2.39. The number of hydrogen-bond acceptors (Lipinski definition) is 5. The van der Waals surface area contributed by atoms with Gasteiger partial charge in [-0.15, -0.1) is 0 Å². The number of nitrogens with two attached hydrogens (primary N) is 1. The second kappa shape index (κ2) is 8.38. The third-order valence-corrected chi connectivity index (χ3v) is 5.94. The number of rotatable bonds is 6. The molecule has 1 fully saturated rings. The molecule has 2 heterocycles. The normalized spacial score (nSPS) is 20.7. The lowest BCUT2D eigenvalue weighted by Crippen LogP contribution is -2.52. The molecule has 3 unspecified atom stereocenters. The molecule has 0 aliphatic carbocycles. The predicted molar refractivity (Wildman–Crippen MR) is 112 cm³/mol. The monoisotopic (exact) mass is 406 g/mol. The van der Waals surface area contributed by atoms with Crippen molar-refractivity contribution >= 4 is 17.7 Å². The molecule has 0 spiro atoms. The van der Waals surface area contributed by atoms with Crippen LogP contribution in [-0.2, 0) is 22.7 Å². The Labute approximate surface area is 175 Å². The quantitative estimate of drug-likeness (QED) is 0.633.